The molecule has 0 spiro atoms. The number of nitrogens with two attached hydrogens (primary N) is 1. The molecule has 0 bridgehead atoms. The Bertz CT molecular complexity index is 604. The predicted octanol–water partition coefficient (Wildman–Crippen LogP) is 3.69. The Labute approximate surface area is 131 Å². The molecule has 0 radical (unpaired) electrons. The van der Waals surface area contributed by atoms with E-state index in [0.29, 0.717) is 5.75 Å². The number of nitrogens with zero attached hydrogens (tertiary/aromatic N) is 2. The van der Waals surface area contributed by atoms with E-state index in [1.807, 2.05) is 25.1 Å². The van der Waals surface area contributed by atoms with Gasteiger partial charge in [0.15, 0.2) is 0 Å². The number of aromatic nitrogens is 2. The van der Waals surface area contributed by atoms with Gasteiger partial charge in [0.25, 0.3) is 0 Å². The summed E-state index contributed by atoms with van der Waals surface area (Å²) in [5, 5.41) is 0. The van der Waals surface area contributed by atoms with E-state index >= 15 is 0 Å². The van der Waals surface area contributed by atoms with Gasteiger partial charge >= 0.3 is 0 Å². The van der Waals surface area contributed by atoms with Crippen LogP contribution in [-0.4, -0.2) is 9.97 Å². The number of benzene rings is 1. The van der Waals surface area contributed by atoms with Gasteiger partial charge in [0.2, 0.25) is 0 Å². The van der Waals surface area contributed by atoms with Gasteiger partial charge in [0.1, 0.15) is 11.6 Å². The minimum atomic E-state index is 0.710. The molecule has 0 fully saturated rings. The number of halogens is 1. The number of hydrazine groups is 1. The number of nitrogens with one attached hydrogen (secondary N) is 1. The van der Waals surface area contributed by atoms with Gasteiger partial charge in [-0.05, 0) is 41.4 Å². The second-order valence-electron chi connectivity index (χ2n) is 4.27. The first-order valence-corrected chi connectivity index (χ1v) is 8.14. The summed E-state index contributed by atoms with van der Waals surface area (Å²) in [6.45, 7) is 4.07. The third kappa shape index (κ3) is 3.50. The maximum absolute atomic E-state index is 5.54. The van der Waals surface area contributed by atoms with Crippen LogP contribution in [0.15, 0.2) is 33.6 Å². The molecule has 4 nitrogen and oxygen atoms in total. The Morgan fingerprint density at radius 2 is 2.05 bits per heavy atom. The molecule has 0 atom stereocenters. The molecule has 2 rings (SSSR count). The first kappa shape index (κ1) is 15.3. The van der Waals surface area contributed by atoms with Crippen LogP contribution in [0, 0.1) is 6.92 Å². The molecule has 1 aromatic heterocycles. The molecule has 0 aliphatic heterocycles. The van der Waals surface area contributed by atoms with E-state index in [4.69, 9.17) is 5.84 Å². The van der Waals surface area contributed by atoms with E-state index in [1.165, 1.54) is 4.90 Å². The molecule has 0 saturated carbocycles. The van der Waals surface area contributed by atoms with Crippen molar-refractivity contribution >= 4 is 33.5 Å². The van der Waals surface area contributed by atoms with E-state index in [0.717, 1.165) is 33.8 Å². The summed E-state index contributed by atoms with van der Waals surface area (Å²) in [4.78, 5) is 10.2. The molecule has 0 aliphatic rings. The van der Waals surface area contributed by atoms with Crippen molar-refractivity contribution in [2.24, 2.45) is 5.84 Å². The number of anilines is 1. The normalized spacial score (nSPS) is 10.6. The monoisotopic (exact) mass is 352 g/mol. The first-order valence-electron chi connectivity index (χ1n) is 6.36. The lowest BCUT2D eigenvalue weighted by Gasteiger charge is -2.11. The van der Waals surface area contributed by atoms with Crippen LogP contribution in [0.5, 0.6) is 0 Å². The van der Waals surface area contributed by atoms with E-state index < -0.39 is 0 Å². The number of rotatable bonds is 5. The lowest BCUT2D eigenvalue weighted by Crippen LogP contribution is -2.14. The topological polar surface area (TPSA) is 63.8 Å². The van der Waals surface area contributed by atoms with Crippen molar-refractivity contribution < 1.29 is 0 Å². The van der Waals surface area contributed by atoms with Gasteiger partial charge in [-0.25, -0.2) is 15.8 Å². The summed E-state index contributed by atoms with van der Waals surface area (Å²) in [6, 6.07) is 8.12. The van der Waals surface area contributed by atoms with Crippen molar-refractivity contribution in [3.63, 3.8) is 0 Å². The van der Waals surface area contributed by atoms with E-state index in [2.05, 4.69) is 44.3 Å². The molecule has 0 aliphatic carbocycles. The SMILES string of the molecule is CCc1c(C)nc(CSc2ccccc2Br)nc1NN. The highest BCUT2D eigenvalue weighted by Crippen LogP contribution is 2.29. The average Bonchev–Trinajstić information content (AvgIpc) is 2.45. The molecule has 1 heterocycles. The lowest BCUT2D eigenvalue weighted by atomic mass is 10.2. The first-order chi connectivity index (χ1) is 9.65. The van der Waals surface area contributed by atoms with Crippen LogP contribution in [0.3, 0.4) is 0 Å². The van der Waals surface area contributed by atoms with Crippen LogP contribution >= 0.6 is 27.7 Å². The minimum absolute atomic E-state index is 0.710. The second-order valence-corrected chi connectivity index (χ2v) is 6.14. The summed E-state index contributed by atoms with van der Waals surface area (Å²) in [6.07, 6.45) is 0.864. The minimum Gasteiger partial charge on any atom is -0.308 e. The van der Waals surface area contributed by atoms with Crippen LogP contribution in [0.2, 0.25) is 0 Å². The molecular weight excluding hydrogens is 336 g/mol. The zero-order valence-corrected chi connectivity index (χ0v) is 13.9. The third-order valence-electron chi connectivity index (χ3n) is 2.94. The molecule has 3 N–H and O–H groups in total. The van der Waals surface area contributed by atoms with Gasteiger partial charge in [-0.15, -0.1) is 11.8 Å². The van der Waals surface area contributed by atoms with Crippen molar-refractivity contribution in [2.75, 3.05) is 5.43 Å². The van der Waals surface area contributed by atoms with Crippen molar-refractivity contribution in [1.29, 1.82) is 0 Å². The van der Waals surface area contributed by atoms with Gasteiger partial charge in [-0.2, -0.15) is 0 Å². The summed E-state index contributed by atoms with van der Waals surface area (Å²) in [5.74, 6) is 7.76. The van der Waals surface area contributed by atoms with E-state index in [-0.39, 0.29) is 0 Å². The van der Waals surface area contributed by atoms with E-state index in [1.54, 1.807) is 11.8 Å². The number of aryl methyl sites for hydroxylation is 1. The largest absolute Gasteiger partial charge is 0.308 e. The summed E-state index contributed by atoms with van der Waals surface area (Å²) < 4.78 is 1.09. The Kier molecular flexibility index (Phi) is 5.39. The molecular formula is C14H17BrN4S. The smallest absolute Gasteiger partial charge is 0.147 e. The zero-order chi connectivity index (χ0) is 14.5. The molecule has 0 saturated heterocycles. The van der Waals surface area contributed by atoms with Crippen LogP contribution in [0.1, 0.15) is 24.0 Å². The molecule has 106 valence electrons. The highest BCUT2D eigenvalue weighted by atomic mass is 79.9. The van der Waals surface area contributed by atoms with E-state index in [9.17, 15) is 0 Å². The fourth-order valence-corrected chi connectivity index (χ4v) is 3.39. The number of nitrogen functional groups attached to an aromatic ring is 1. The lowest BCUT2D eigenvalue weighted by molar-refractivity contribution is 0.935. The highest BCUT2D eigenvalue weighted by Gasteiger charge is 2.10. The molecule has 2 aromatic rings. The Hall–Kier alpha value is -1.11. The number of hydrogen-bond donors (Lipinski definition) is 2. The molecule has 20 heavy (non-hydrogen) atoms. The molecule has 0 amide bonds. The van der Waals surface area contributed by atoms with Gasteiger partial charge in [0.05, 0.1) is 5.75 Å². The van der Waals surface area contributed by atoms with Crippen molar-refractivity contribution in [3.8, 4) is 0 Å². The van der Waals surface area contributed by atoms with Crippen LogP contribution in [0.25, 0.3) is 0 Å². The Morgan fingerprint density at radius 3 is 2.70 bits per heavy atom. The van der Waals surface area contributed by atoms with Crippen LogP contribution in [-0.2, 0) is 12.2 Å². The zero-order valence-electron chi connectivity index (χ0n) is 11.5. The predicted molar refractivity (Wildman–Crippen MR) is 87.7 cm³/mol. The second kappa shape index (κ2) is 7.06. The molecule has 0 unspecified atom stereocenters. The Morgan fingerprint density at radius 1 is 1.30 bits per heavy atom. The fourth-order valence-electron chi connectivity index (χ4n) is 1.97. The van der Waals surface area contributed by atoms with Gasteiger partial charge in [0, 0.05) is 20.6 Å². The number of hydrogen-bond acceptors (Lipinski definition) is 5. The molecule has 6 heteroatoms. The highest BCUT2D eigenvalue weighted by molar-refractivity contribution is 9.10. The maximum atomic E-state index is 5.54. The average molecular weight is 353 g/mol. The quantitative estimate of drug-likeness (QED) is 0.488. The van der Waals surface area contributed by atoms with Crippen molar-refractivity contribution in [3.05, 3.63) is 45.8 Å². The summed E-state index contributed by atoms with van der Waals surface area (Å²) in [5.41, 5.74) is 4.72. The standard InChI is InChI=1S/C14H17BrN4S/c1-3-10-9(2)17-13(18-14(10)19-16)8-20-12-7-5-4-6-11(12)15/h4-7H,3,8,16H2,1-2H3,(H,17,18,19). The van der Waals surface area contributed by atoms with Gasteiger partial charge in [-0.3, -0.25) is 0 Å². The molecule has 1 aromatic carbocycles. The summed E-state index contributed by atoms with van der Waals surface area (Å²) in [7, 11) is 0. The Balaban J connectivity index is 2.18. The van der Waals surface area contributed by atoms with Crippen molar-refractivity contribution in [1.82, 2.24) is 9.97 Å². The van der Waals surface area contributed by atoms with Gasteiger partial charge in [-0.1, -0.05) is 19.1 Å². The number of thioether (sulfide) groups is 1. The fraction of sp³-hybridized carbons (Fsp3) is 0.286. The van der Waals surface area contributed by atoms with Crippen LogP contribution in [0.4, 0.5) is 5.82 Å². The van der Waals surface area contributed by atoms with Crippen molar-refractivity contribution in [2.45, 2.75) is 30.9 Å². The van der Waals surface area contributed by atoms with Crippen LogP contribution < -0.4 is 11.3 Å². The third-order valence-corrected chi connectivity index (χ3v) is 4.97. The van der Waals surface area contributed by atoms with Gasteiger partial charge < -0.3 is 5.43 Å². The summed E-state index contributed by atoms with van der Waals surface area (Å²) >= 11 is 5.24. The maximum Gasteiger partial charge on any atom is 0.147 e.